The maximum atomic E-state index is 12.9. The predicted octanol–water partition coefficient (Wildman–Crippen LogP) is 4.74. The lowest BCUT2D eigenvalue weighted by Gasteiger charge is -2.19. The van der Waals surface area contributed by atoms with E-state index in [0.29, 0.717) is 36.9 Å². The van der Waals surface area contributed by atoms with E-state index in [0.717, 1.165) is 6.07 Å². The number of hydrogen-bond donors (Lipinski definition) is 1. The van der Waals surface area contributed by atoms with Crippen LogP contribution in [0.3, 0.4) is 0 Å². The van der Waals surface area contributed by atoms with Gasteiger partial charge in [-0.1, -0.05) is 28.4 Å². The Morgan fingerprint density at radius 2 is 1.81 bits per heavy atom. The summed E-state index contributed by atoms with van der Waals surface area (Å²) in [5.74, 6) is -0.696. The second-order valence-corrected chi connectivity index (χ2v) is 10.7. The van der Waals surface area contributed by atoms with Gasteiger partial charge in [-0.15, -0.1) is 5.10 Å². The molecule has 0 unspecified atom stereocenters. The number of nitro groups is 1. The number of rotatable bonds is 15. The number of nitro benzene ring substituents is 1. The van der Waals surface area contributed by atoms with E-state index in [-0.39, 0.29) is 47.5 Å². The third kappa shape index (κ3) is 10.9. The van der Waals surface area contributed by atoms with Gasteiger partial charge in [-0.25, -0.2) is 9.48 Å². The highest BCUT2D eigenvalue weighted by Crippen LogP contribution is 2.29. The Balaban J connectivity index is 1.42. The number of benzene rings is 2. The Bertz CT molecular complexity index is 1390. The summed E-state index contributed by atoms with van der Waals surface area (Å²) in [7, 11) is 0. The van der Waals surface area contributed by atoms with Crippen molar-refractivity contribution >= 4 is 46.5 Å². The molecule has 15 heteroatoms. The van der Waals surface area contributed by atoms with E-state index >= 15 is 0 Å². The predicted molar refractivity (Wildman–Crippen MR) is 154 cm³/mol. The van der Waals surface area contributed by atoms with Crippen molar-refractivity contribution in [2.45, 2.75) is 39.3 Å². The Hall–Kier alpha value is -3.78. The van der Waals surface area contributed by atoms with E-state index in [2.05, 4.69) is 15.6 Å². The zero-order valence-electron chi connectivity index (χ0n) is 23.3. The van der Waals surface area contributed by atoms with Gasteiger partial charge in [0.2, 0.25) is 0 Å². The molecule has 13 nitrogen and oxygen atoms in total. The van der Waals surface area contributed by atoms with Crippen molar-refractivity contribution in [3.05, 3.63) is 74.0 Å². The van der Waals surface area contributed by atoms with Crippen molar-refractivity contribution in [3.8, 4) is 5.75 Å². The van der Waals surface area contributed by atoms with E-state index in [1.165, 1.54) is 18.2 Å². The second-order valence-electron chi connectivity index (χ2n) is 9.84. The van der Waals surface area contributed by atoms with Gasteiger partial charge in [0, 0.05) is 29.8 Å². The molecule has 226 valence electrons. The molecule has 0 bridgehead atoms. The largest absolute Gasteiger partial charge is 0.492 e. The summed E-state index contributed by atoms with van der Waals surface area (Å²) in [5.41, 5.74) is 0.285. The zero-order chi connectivity index (χ0) is 30.7. The number of ether oxygens (including phenoxy) is 4. The van der Waals surface area contributed by atoms with Crippen molar-refractivity contribution in [1.29, 1.82) is 0 Å². The fraction of sp³-hybridized carbons (Fsp3) is 0.407. The molecule has 3 rings (SSSR count). The Morgan fingerprint density at radius 3 is 2.52 bits per heavy atom. The van der Waals surface area contributed by atoms with Crippen molar-refractivity contribution in [1.82, 2.24) is 15.0 Å². The maximum Gasteiger partial charge on any atom is 0.332 e. The molecule has 1 heterocycles. The van der Waals surface area contributed by atoms with Gasteiger partial charge in [0.1, 0.15) is 18.0 Å². The molecule has 1 N–H and O–H groups in total. The minimum absolute atomic E-state index is 0.0158. The number of non-ortho nitro benzene ring substituents is 1. The molecule has 3 aromatic rings. The first-order valence-electron chi connectivity index (χ1n) is 12.9. The molecule has 0 aliphatic heterocycles. The molecular formula is C27H31Cl2N5O8. The molecule has 0 atom stereocenters. The lowest BCUT2D eigenvalue weighted by molar-refractivity contribution is -0.384. The first kappa shape index (κ1) is 32.7. The number of carbonyl (C=O) groups excluding carboxylic acids is 2. The summed E-state index contributed by atoms with van der Waals surface area (Å²) >= 11 is 12.2. The number of carbonyl (C=O) groups is 2. The number of nitrogens with zero attached hydrogens (tertiary/aromatic N) is 4. The highest BCUT2D eigenvalue weighted by atomic mass is 35.5. The first-order chi connectivity index (χ1) is 19.9. The molecule has 0 aliphatic carbocycles. The summed E-state index contributed by atoms with van der Waals surface area (Å²) in [6, 6.07) is 8.34. The fourth-order valence-electron chi connectivity index (χ4n) is 3.45. The van der Waals surface area contributed by atoms with Gasteiger partial charge in [-0.2, -0.15) is 0 Å². The van der Waals surface area contributed by atoms with E-state index in [9.17, 15) is 19.7 Å². The third-order valence-electron chi connectivity index (χ3n) is 5.28. The monoisotopic (exact) mass is 623 g/mol. The van der Waals surface area contributed by atoms with Crippen molar-refractivity contribution in [2.24, 2.45) is 0 Å². The number of halogens is 2. The second kappa shape index (κ2) is 15.4. The lowest BCUT2D eigenvalue weighted by Crippen LogP contribution is -2.27. The van der Waals surface area contributed by atoms with E-state index in [4.69, 9.17) is 42.1 Å². The summed E-state index contributed by atoms with van der Waals surface area (Å²) in [5, 5.41) is 22.1. The first-order valence-corrected chi connectivity index (χ1v) is 13.6. The van der Waals surface area contributed by atoms with Crippen LogP contribution in [0.25, 0.3) is 0 Å². The maximum absolute atomic E-state index is 12.9. The van der Waals surface area contributed by atoms with Gasteiger partial charge < -0.3 is 24.3 Å². The van der Waals surface area contributed by atoms with Crippen LogP contribution in [-0.4, -0.2) is 70.4 Å². The molecule has 0 saturated heterocycles. The Kier molecular flexibility index (Phi) is 12.0. The van der Waals surface area contributed by atoms with Crippen LogP contribution < -0.4 is 10.1 Å². The summed E-state index contributed by atoms with van der Waals surface area (Å²) in [6.45, 7) is 6.84. The number of aromatic nitrogens is 3. The zero-order valence-corrected chi connectivity index (χ0v) is 24.8. The Morgan fingerprint density at radius 1 is 1.05 bits per heavy atom. The van der Waals surface area contributed by atoms with E-state index in [1.807, 2.05) is 0 Å². The topological polar surface area (TPSA) is 157 Å². The van der Waals surface area contributed by atoms with Gasteiger partial charge >= 0.3 is 5.97 Å². The normalized spacial score (nSPS) is 11.3. The smallest absolute Gasteiger partial charge is 0.332 e. The Labute approximate surface area is 252 Å². The number of amides is 1. The average molecular weight is 624 g/mol. The molecular weight excluding hydrogens is 593 g/mol. The van der Waals surface area contributed by atoms with Crippen LogP contribution in [0.1, 0.15) is 36.8 Å². The quantitative estimate of drug-likeness (QED) is 0.108. The van der Waals surface area contributed by atoms with Crippen molar-refractivity contribution in [2.75, 3.05) is 38.4 Å². The van der Waals surface area contributed by atoms with Gasteiger partial charge in [0.25, 0.3) is 11.6 Å². The minimum atomic E-state index is -0.582. The van der Waals surface area contributed by atoms with Gasteiger partial charge in [0.05, 0.1) is 59.9 Å². The summed E-state index contributed by atoms with van der Waals surface area (Å²) < 4.78 is 23.4. The molecule has 0 saturated carbocycles. The lowest BCUT2D eigenvalue weighted by atomic mass is 10.1. The number of anilines is 1. The van der Waals surface area contributed by atoms with Crippen molar-refractivity contribution < 1.29 is 33.5 Å². The molecule has 42 heavy (non-hydrogen) atoms. The van der Waals surface area contributed by atoms with Gasteiger partial charge in [-0.05, 0) is 45.0 Å². The van der Waals surface area contributed by atoms with Crippen LogP contribution in [0.2, 0.25) is 10.0 Å². The SMILES string of the molecule is CC(C)(C)OC(=O)COCCOCCn1cc(CCOc2ccc(Cl)cc2C(=O)Nc2ccc([N+](=O)[O-])cc2Cl)nn1. The molecule has 0 aliphatic rings. The van der Waals surface area contributed by atoms with E-state index in [1.54, 1.807) is 43.8 Å². The van der Waals surface area contributed by atoms with Gasteiger partial charge in [0.15, 0.2) is 0 Å². The van der Waals surface area contributed by atoms with Crippen LogP contribution in [-0.2, 0) is 32.0 Å². The average Bonchev–Trinajstić information content (AvgIpc) is 3.36. The number of nitrogens with one attached hydrogen (secondary N) is 1. The third-order valence-corrected chi connectivity index (χ3v) is 5.82. The molecule has 0 radical (unpaired) electrons. The molecule has 1 amide bonds. The standard InChI is InChI=1S/C27H31Cl2N5O8/c1-27(2,3)42-25(35)17-40-13-12-39-11-9-33-16-19(31-32-33)8-10-41-24-7-4-18(28)14-21(24)26(36)30-23-6-5-20(34(37)38)15-22(23)29/h4-7,14-16H,8-13,17H2,1-3H3,(H,30,36). The van der Waals surface area contributed by atoms with Crippen LogP contribution in [0.4, 0.5) is 11.4 Å². The summed E-state index contributed by atoms with van der Waals surface area (Å²) in [4.78, 5) is 34.9. The fourth-order valence-corrected chi connectivity index (χ4v) is 3.84. The van der Waals surface area contributed by atoms with Crippen LogP contribution in [0, 0.1) is 10.1 Å². The minimum Gasteiger partial charge on any atom is -0.492 e. The number of esters is 1. The molecule has 0 spiro atoms. The van der Waals surface area contributed by atoms with Crippen LogP contribution >= 0.6 is 23.2 Å². The molecule has 1 aromatic heterocycles. The van der Waals surface area contributed by atoms with Crippen LogP contribution in [0.5, 0.6) is 5.75 Å². The van der Waals surface area contributed by atoms with Crippen molar-refractivity contribution in [3.63, 3.8) is 0 Å². The van der Waals surface area contributed by atoms with Crippen LogP contribution in [0.15, 0.2) is 42.6 Å². The molecule has 0 fully saturated rings. The number of hydrogen-bond acceptors (Lipinski definition) is 10. The highest BCUT2D eigenvalue weighted by Gasteiger charge is 2.18. The summed E-state index contributed by atoms with van der Waals surface area (Å²) in [6.07, 6.45) is 2.18. The highest BCUT2D eigenvalue weighted by molar-refractivity contribution is 6.34. The van der Waals surface area contributed by atoms with Gasteiger partial charge in [-0.3, -0.25) is 14.9 Å². The molecule has 2 aromatic carbocycles. The van der Waals surface area contributed by atoms with E-state index < -0.39 is 22.4 Å².